The molecule has 15 heteroatoms. The maximum absolute atomic E-state index is 12.9. The van der Waals surface area contributed by atoms with Crippen molar-refractivity contribution in [2.24, 2.45) is 17.8 Å². The largest absolute Gasteiger partial charge is 0.378 e. The third-order valence-corrected chi connectivity index (χ3v) is 10.6. The molecule has 51 heavy (non-hydrogen) atoms. The quantitative estimate of drug-likeness (QED) is 0.124. The summed E-state index contributed by atoms with van der Waals surface area (Å²) in [5.41, 5.74) is 1.48. The highest BCUT2D eigenvalue weighted by Gasteiger charge is 2.39. The van der Waals surface area contributed by atoms with Crippen LogP contribution in [0, 0.1) is 31.6 Å². The van der Waals surface area contributed by atoms with Crippen LogP contribution in [0.4, 0.5) is 22.5 Å². The first kappa shape index (κ1) is 37.1. The second-order valence-corrected chi connectivity index (χ2v) is 14.5. The van der Waals surface area contributed by atoms with E-state index in [-0.39, 0.29) is 17.7 Å². The number of carbonyl (C=O) groups is 2. The van der Waals surface area contributed by atoms with Crippen molar-refractivity contribution in [3.05, 3.63) is 63.9 Å². The number of hydrogen-bond donors (Lipinski definition) is 3. The van der Waals surface area contributed by atoms with Gasteiger partial charge in [-0.2, -0.15) is 0 Å². The average molecular weight is 739 g/mol. The summed E-state index contributed by atoms with van der Waals surface area (Å²) in [6.07, 6.45) is 8.11. The maximum Gasteiger partial charge on any atom is 0.267 e. The number of thiazole rings is 1. The third-order valence-electron chi connectivity index (χ3n) is 9.40. The van der Waals surface area contributed by atoms with Gasteiger partial charge in [-0.15, -0.1) is 0 Å². The molecule has 0 unspecified atom stereocenters. The van der Waals surface area contributed by atoms with Gasteiger partial charge in [-0.3, -0.25) is 14.5 Å². The number of allylic oxidation sites excluding steroid dienone is 2. The van der Waals surface area contributed by atoms with Crippen LogP contribution in [0.5, 0.6) is 0 Å². The lowest BCUT2D eigenvalue weighted by Crippen LogP contribution is -2.47. The number of piperazine rings is 1. The zero-order valence-electron chi connectivity index (χ0n) is 29.2. The second-order valence-electron chi connectivity index (χ2n) is 13.0. The number of carbonyl (C=O) groups excluding carboxylic acids is 2. The van der Waals surface area contributed by atoms with Crippen molar-refractivity contribution in [1.82, 2.24) is 25.2 Å². The zero-order valence-corrected chi connectivity index (χ0v) is 30.8. The van der Waals surface area contributed by atoms with Gasteiger partial charge < -0.3 is 35.1 Å². The Morgan fingerprint density at radius 2 is 1.73 bits per heavy atom. The van der Waals surface area contributed by atoms with Crippen molar-refractivity contribution in [2.75, 3.05) is 94.4 Å². The molecule has 3 heterocycles. The van der Waals surface area contributed by atoms with Crippen molar-refractivity contribution in [1.29, 1.82) is 0 Å². The molecule has 3 aliphatic rings. The van der Waals surface area contributed by atoms with Gasteiger partial charge in [0, 0.05) is 51.3 Å². The molecule has 2 aliphatic carbocycles. The minimum Gasteiger partial charge on any atom is -0.378 e. The molecule has 2 aromatic heterocycles. The van der Waals surface area contributed by atoms with Gasteiger partial charge in [0.15, 0.2) is 5.13 Å². The molecule has 1 aromatic carbocycles. The monoisotopic (exact) mass is 738 g/mol. The number of para-hydroxylation sites is 1. The van der Waals surface area contributed by atoms with E-state index >= 15 is 0 Å². The van der Waals surface area contributed by atoms with Gasteiger partial charge in [-0.25, -0.2) is 15.0 Å². The van der Waals surface area contributed by atoms with Crippen LogP contribution >= 0.6 is 22.9 Å². The van der Waals surface area contributed by atoms with Crippen molar-refractivity contribution in [2.45, 2.75) is 26.7 Å². The highest BCUT2D eigenvalue weighted by molar-refractivity contribution is 7.17. The molecule has 0 spiro atoms. The fraction of sp³-hybridized carbons (Fsp3) is 0.528. The number of rotatable bonds is 18. The number of anilines is 4. The fourth-order valence-electron chi connectivity index (χ4n) is 6.69. The number of fused-ring (bicyclic) bond motifs is 2. The number of aryl methyl sites for hydroxylation is 2. The topological polar surface area (TPSA) is 143 Å². The van der Waals surface area contributed by atoms with Crippen LogP contribution in [-0.4, -0.2) is 111 Å². The van der Waals surface area contributed by atoms with E-state index in [0.717, 1.165) is 56.9 Å². The minimum absolute atomic E-state index is 0.139. The summed E-state index contributed by atoms with van der Waals surface area (Å²) in [6, 6.07) is 7.41. The molecular weight excluding hydrogens is 692 g/mol. The molecule has 1 aliphatic heterocycles. The van der Waals surface area contributed by atoms with E-state index in [1.165, 1.54) is 11.3 Å². The molecule has 6 rings (SSSR count). The van der Waals surface area contributed by atoms with Crippen LogP contribution in [0.2, 0.25) is 5.02 Å². The van der Waals surface area contributed by atoms with Gasteiger partial charge in [-0.1, -0.05) is 47.2 Å². The molecule has 2 amide bonds. The van der Waals surface area contributed by atoms with Gasteiger partial charge >= 0.3 is 0 Å². The van der Waals surface area contributed by atoms with Crippen LogP contribution in [0.15, 0.2) is 42.6 Å². The van der Waals surface area contributed by atoms with Gasteiger partial charge in [0.25, 0.3) is 5.91 Å². The molecule has 1 saturated heterocycles. The molecule has 3 atom stereocenters. The van der Waals surface area contributed by atoms with E-state index in [4.69, 9.17) is 25.8 Å². The second kappa shape index (κ2) is 18.2. The van der Waals surface area contributed by atoms with Crippen LogP contribution in [0.25, 0.3) is 0 Å². The smallest absolute Gasteiger partial charge is 0.267 e. The molecule has 3 aromatic rings. The van der Waals surface area contributed by atoms with E-state index < -0.39 is 0 Å². The fourth-order valence-corrected chi connectivity index (χ4v) is 7.67. The van der Waals surface area contributed by atoms with E-state index in [1.54, 1.807) is 12.3 Å². The number of aromatic nitrogens is 3. The number of ether oxygens (including phenoxy) is 3. The molecular formula is C36H47ClN8O5S. The third kappa shape index (κ3) is 10.5. The molecule has 2 bridgehead atoms. The number of amides is 2. The lowest BCUT2D eigenvalue weighted by atomic mass is 9.93. The number of nitrogens with zero attached hydrogens (tertiary/aromatic N) is 5. The first-order valence-electron chi connectivity index (χ1n) is 17.6. The zero-order chi connectivity index (χ0) is 35.6. The standard InChI is InChI=1S/C36H47ClN8O5S/c1-24-4-3-5-29(37)33(24)43-35(47)30-23-39-36(51-30)42-31-22-32(41-25(2)40-31)45-11-9-44(10-12-45)13-15-49-17-19-50-18-16-48-14-8-38-34(46)28-21-26-6-7-27(28)20-26/h3-7,22-23,26-28H,8-21H2,1-2H3,(H,38,46)(H,43,47)(H,39,40,41,42)/t26-,27-,28+/m0/s1. The lowest BCUT2D eigenvalue weighted by Gasteiger charge is -2.35. The lowest BCUT2D eigenvalue weighted by molar-refractivity contribution is -0.126. The van der Waals surface area contributed by atoms with Crippen LogP contribution < -0.4 is 20.9 Å². The van der Waals surface area contributed by atoms with Gasteiger partial charge in [0.1, 0.15) is 22.3 Å². The normalized spacial score (nSPS) is 19.8. The molecule has 13 nitrogen and oxygen atoms in total. The number of benzene rings is 1. The Hall–Kier alpha value is -3.66. The van der Waals surface area contributed by atoms with Crippen molar-refractivity contribution >= 4 is 57.2 Å². The number of hydrogen-bond acceptors (Lipinski definition) is 12. The van der Waals surface area contributed by atoms with E-state index in [1.807, 2.05) is 32.0 Å². The molecule has 3 N–H and O–H groups in total. The Balaban J connectivity index is 0.815. The predicted octanol–water partition coefficient (Wildman–Crippen LogP) is 4.70. The van der Waals surface area contributed by atoms with Crippen LogP contribution in [0.1, 0.15) is 33.9 Å². The van der Waals surface area contributed by atoms with Crippen molar-refractivity contribution in [3.63, 3.8) is 0 Å². The SMILES string of the molecule is Cc1nc(Nc2ncc(C(=O)Nc3c(C)cccc3Cl)s2)cc(N2CCN(CCOCCOCCOCCNC(=O)[C@@H]3C[C@H]4C=C[C@H]3C4)CC2)n1. The van der Waals surface area contributed by atoms with Gasteiger partial charge in [-0.05, 0) is 50.2 Å². The first-order chi connectivity index (χ1) is 24.8. The maximum atomic E-state index is 12.9. The first-order valence-corrected chi connectivity index (χ1v) is 18.8. The van der Waals surface area contributed by atoms with Gasteiger partial charge in [0.2, 0.25) is 5.91 Å². The summed E-state index contributed by atoms with van der Waals surface area (Å²) in [6.45, 7) is 11.8. The summed E-state index contributed by atoms with van der Waals surface area (Å²) >= 11 is 7.52. The Kier molecular flexibility index (Phi) is 13.2. The van der Waals surface area contributed by atoms with Crippen molar-refractivity contribution < 1.29 is 23.8 Å². The highest BCUT2D eigenvalue weighted by Crippen LogP contribution is 2.43. The van der Waals surface area contributed by atoms with Gasteiger partial charge in [0.05, 0.1) is 56.5 Å². The Morgan fingerprint density at radius 3 is 2.45 bits per heavy atom. The molecule has 1 saturated carbocycles. The van der Waals surface area contributed by atoms with E-state index in [2.05, 4.69) is 52.9 Å². The predicted molar refractivity (Wildman–Crippen MR) is 199 cm³/mol. The van der Waals surface area contributed by atoms with Crippen LogP contribution in [0.3, 0.4) is 0 Å². The number of halogens is 1. The summed E-state index contributed by atoms with van der Waals surface area (Å²) in [5, 5.41) is 10.2. The Labute approximate surface area is 308 Å². The number of nitrogens with one attached hydrogen (secondary N) is 3. The average Bonchev–Trinajstić information content (AvgIpc) is 3.89. The Bertz CT molecular complexity index is 1650. The summed E-state index contributed by atoms with van der Waals surface area (Å²) in [7, 11) is 0. The summed E-state index contributed by atoms with van der Waals surface area (Å²) in [4.78, 5) is 43.9. The minimum atomic E-state index is -0.271. The van der Waals surface area contributed by atoms with Crippen LogP contribution in [-0.2, 0) is 19.0 Å². The van der Waals surface area contributed by atoms with Crippen molar-refractivity contribution in [3.8, 4) is 0 Å². The Morgan fingerprint density at radius 1 is 0.961 bits per heavy atom. The van der Waals surface area contributed by atoms with E-state index in [0.29, 0.717) is 90.4 Å². The molecule has 274 valence electrons. The van der Waals surface area contributed by atoms with E-state index in [9.17, 15) is 9.59 Å². The molecule has 2 fully saturated rings. The summed E-state index contributed by atoms with van der Waals surface area (Å²) in [5.74, 6) is 3.18. The summed E-state index contributed by atoms with van der Waals surface area (Å²) < 4.78 is 17.0. The highest BCUT2D eigenvalue weighted by atomic mass is 35.5. The molecule has 0 radical (unpaired) electrons.